The van der Waals surface area contributed by atoms with Crippen molar-refractivity contribution in [3.05, 3.63) is 46.8 Å². The normalized spacial score (nSPS) is 10.5. The molecule has 0 radical (unpaired) electrons. The van der Waals surface area contributed by atoms with Crippen molar-refractivity contribution in [1.82, 2.24) is 9.97 Å². The zero-order valence-corrected chi connectivity index (χ0v) is 12.9. The average molecular weight is 320 g/mol. The van der Waals surface area contributed by atoms with Crippen molar-refractivity contribution in [2.75, 3.05) is 11.4 Å². The summed E-state index contributed by atoms with van der Waals surface area (Å²) in [4.78, 5) is 11.3. The van der Waals surface area contributed by atoms with Crippen LogP contribution < -0.4 is 4.90 Å². The SMILES string of the molecule is CCCc1nc(Br)cc(N(CC)c2ccccc2)n1. The lowest BCUT2D eigenvalue weighted by Crippen LogP contribution is -2.18. The number of benzene rings is 1. The Morgan fingerprint density at radius 2 is 1.84 bits per heavy atom. The maximum Gasteiger partial charge on any atom is 0.137 e. The van der Waals surface area contributed by atoms with Crippen molar-refractivity contribution >= 4 is 27.4 Å². The lowest BCUT2D eigenvalue weighted by Gasteiger charge is -2.22. The number of anilines is 2. The standard InChI is InChI=1S/C15H18BrN3/c1-3-8-14-17-13(16)11-15(18-14)19(4-2)12-9-6-5-7-10-12/h5-7,9-11H,3-4,8H2,1-2H3. The van der Waals surface area contributed by atoms with Gasteiger partial charge in [-0.3, -0.25) is 0 Å². The summed E-state index contributed by atoms with van der Waals surface area (Å²) in [5.41, 5.74) is 1.15. The number of halogens is 1. The Kier molecular flexibility index (Phi) is 4.91. The van der Waals surface area contributed by atoms with E-state index in [2.05, 4.69) is 56.8 Å². The fourth-order valence-electron chi connectivity index (χ4n) is 2.01. The number of aromatic nitrogens is 2. The van der Waals surface area contributed by atoms with Crippen LogP contribution in [0.2, 0.25) is 0 Å². The molecule has 0 bridgehead atoms. The summed E-state index contributed by atoms with van der Waals surface area (Å²) in [6, 6.07) is 12.3. The molecule has 2 rings (SSSR count). The largest absolute Gasteiger partial charge is 0.327 e. The minimum absolute atomic E-state index is 0.843. The molecular formula is C15H18BrN3. The Labute approximate surface area is 122 Å². The maximum atomic E-state index is 4.66. The molecule has 19 heavy (non-hydrogen) atoms. The molecule has 0 aliphatic rings. The van der Waals surface area contributed by atoms with Crippen LogP contribution in [-0.4, -0.2) is 16.5 Å². The molecule has 0 aliphatic heterocycles. The van der Waals surface area contributed by atoms with E-state index in [1.165, 1.54) is 0 Å². The quantitative estimate of drug-likeness (QED) is 0.767. The van der Waals surface area contributed by atoms with E-state index in [1.807, 2.05) is 24.3 Å². The van der Waals surface area contributed by atoms with Gasteiger partial charge in [-0.25, -0.2) is 9.97 Å². The third-order valence-electron chi connectivity index (χ3n) is 2.86. The van der Waals surface area contributed by atoms with Crippen molar-refractivity contribution in [1.29, 1.82) is 0 Å². The van der Waals surface area contributed by atoms with Crippen molar-refractivity contribution in [2.45, 2.75) is 26.7 Å². The molecule has 3 nitrogen and oxygen atoms in total. The van der Waals surface area contributed by atoms with Gasteiger partial charge in [-0.2, -0.15) is 0 Å². The highest BCUT2D eigenvalue weighted by Gasteiger charge is 2.11. The van der Waals surface area contributed by atoms with Crippen LogP contribution >= 0.6 is 15.9 Å². The summed E-state index contributed by atoms with van der Waals surface area (Å²) in [7, 11) is 0. The first-order valence-corrected chi connectivity index (χ1v) is 7.40. The molecule has 0 amide bonds. The molecule has 0 N–H and O–H groups in total. The van der Waals surface area contributed by atoms with Crippen LogP contribution in [0.1, 0.15) is 26.1 Å². The molecule has 1 heterocycles. The van der Waals surface area contributed by atoms with Crippen LogP contribution in [0.5, 0.6) is 0 Å². The Morgan fingerprint density at radius 1 is 1.11 bits per heavy atom. The van der Waals surface area contributed by atoms with Crippen LogP contribution in [0.4, 0.5) is 11.5 Å². The predicted octanol–water partition coefficient (Wildman–Crippen LogP) is 4.35. The third kappa shape index (κ3) is 3.53. The lowest BCUT2D eigenvalue weighted by atomic mass is 10.2. The second-order valence-corrected chi connectivity index (χ2v) is 5.11. The van der Waals surface area contributed by atoms with Crippen LogP contribution in [0.15, 0.2) is 41.0 Å². The minimum atomic E-state index is 0.843. The molecule has 0 atom stereocenters. The van der Waals surface area contributed by atoms with Crippen molar-refractivity contribution in [2.24, 2.45) is 0 Å². The van der Waals surface area contributed by atoms with Gasteiger partial charge in [0.1, 0.15) is 16.2 Å². The van der Waals surface area contributed by atoms with Gasteiger partial charge in [0.25, 0.3) is 0 Å². The second-order valence-electron chi connectivity index (χ2n) is 4.29. The highest BCUT2D eigenvalue weighted by atomic mass is 79.9. The Balaban J connectivity index is 2.38. The van der Waals surface area contributed by atoms with Gasteiger partial charge in [-0.05, 0) is 41.4 Å². The zero-order valence-electron chi connectivity index (χ0n) is 11.3. The molecular weight excluding hydrogens is 302 g/mol. The van der Waals surface area contributed by atoms with E-state index < -0.39 is 0 Å². The van der Waals surface area contributed by atoms with E-state index in [1.54, 1.807) is 0 Å². The van der Waals surface area contributed by atoms with Crippen molar-refractivity contribution < 1.29 is 0 Å². The summed E-state index contributed by atoms with van der Waals surface area (Å²) >= 11 is 3.48. The molecule has 1 aromatic carbocycles. The first kappa shape index (κ1) is 14.0. The Bertz CT molecular complexity index is 528. The molecule has 0 saturated carbocycles. The molecule has 0 aliphatic carbocycles. The number of para-hydroxylation sites is 1. The third-order valence-corrected chi connectivity index (χ3v) is 3.27. The molecule has 0 spiro atoms. The van der Waals surface area contributed by atoms with Gasteiger partial charge >= 0.3 is 0 Å². The number of nitrogens with zero attached hydrogens (tertiary/aromatic N) is 3. The maximum absolute atomic E-state index is 4.66. The van der Waals surface area contributed by atoms with Gasteiger partial charge in [-0.1, -0.05) is 25.1 Å². The van der Waals surface area contributed by atoms with Gasteiger partial charge < -0.3 is 4.90 Å². The number of aryl methyl sites for hydroxylation is 1. The van der Waals surface area contributed by atoms with Crippen molar-refractivity contribution in [3.8, 4) is 0 Å². The first-order chi connectivity index (χ1) is 9.24. The summed E-state index contributed by atoms with van der Waals surface area (Å²) in [5, 5.41) is 0. The summed E-state index contributed by atoms with van der Waals surface area (Å²) in [6.45, 7) is 5.14. The summed E-state index contributed by atoms with van der Waals surface area (Å²) in [5.74, 6) is 1.83. The van der Waals surface area contributed by atoms with E-state index in [4.69, 9.17) is 0 Å². The monoisotopic (exact) mass is 319 g/mol. The van der Waals surface area contributed by atoms with E-state index in [-0.39, 0.29) is 0 Å². The first-order valence-electron chi connectivity index (χ1n) is 6.60. The molecule has 0 fully saturated rings. The van der Waals surface area contributed by atoms with E-state index >= 15 is 0 Å². The molecule has 4 heteroatoms. The van der Waals surface area contributed by atoms with E-state index in [9.17, 15) is 0 Å². The predicted molar refractivity (Wildman–Crippen MR) is 82.8 cm³/mol. The highest BCUT2D eigenvalue weighted by molar-refractivity contribution is 9.10. The van der Waals surface area contributed by atoms with Crippen LogP contribution in [0.25, 0.3) is 0 Å². The zero-order chi connectivity index (χ0) is 13.7. The number of hydrogen-bond acceptors (Lipinski definition) is 3. The molecule has 1 aromatic heterocycles. The topological polar surface area (TPSA) is 29.0 Å². The van der Waals surface area contributed by atoms with E-state index in [0.29, 0.717) is 0 Å². The average Bonchev–Trinajstić information content (AvgIpc) is 2.40. The van der Waals surface area contributed by atoms with Crippen LogP contribution in [-0.2, 0) is 6.42 Å². The van der Waals surface area contributed by atoms with Crippen molar-refractivity contribution in [3.63, 3.8) is 0 Å². The smallest absolute Gasteiger partial charge is 0.137 e. The van der Waals surface area contributed by atoms with Crippen LogP contribution in [0, 0.1) is 0 Å². The van der Waals surface area contributed by atoms with Gasteiger partial charge in [0.05, 0.1) is 0 Å². The summed E-state index contributed by atoms with van der Waals surface area (Å²) < 4.78 is 0.843. The Morgan fingerprint density at radius 3 is 2.47 bits per heavy atom. The molecule has 2 aromatic rings. The fraction of sp³-hybridized carbons (Fsp3) is 0.333. The van der Waals surface area contributed by atoms with Crippen LogP contribution in [0.3, 0.4) is 0 Å². The fourth-order valence-corrected chi connectivity index (χ4v) is 2.42. The highest BCUT2D eigenvalue weighted by Crippen LogP contribution is 2.25. The van der Waals surface area contributed by atoms with E-state index in [0.717, 1.165) is 41.3 Å². The molecule has 0 unspecified atom stereocenters. The number of hydrogen-bond donors (Lipinski definition) is 0. The Hall–Kier alpha value is -1.42. The second kappa shape index (κ2) is 6.66. The molecule has 0 saturated heterocycles. The van der Waals surface area contributed by atoms with Gasteiger partial charge in [-0.15, -0.1) is 0 Å². The minimum Gasteiger partial charge on any atom is -0.327 e. The van der Waals surface area contributed by atoms with Gasteiger partial charge in [0, 0.05) is 24.7 Å². The molecule has 100 valence electrons. The lowest BCUT2D eigenvalue weighted by molar-refractivity contribution is 0.820. The summed E-state index contributed by atoms with van der Waals surface area (Å²) in [6.07, 6.45) is 1.95. The van der Waals surface area contributed by atoms with Gasteiger partial charge in [0.15, 0.2) is 0 Å². The number of rotatable bonds is 5. The van der Waals surface area contributed by atoms with Gasteiger partial charge in [0.2, 0.25) is 0 Å².